The smallest absolute Gasteiger partial charge is 0.274 e. The first-order valence-corrected chi connectivity index (χ1v) is 12.3. The maximum Gasteiger partial charge on any atom is 0.274 e. The van der Waals surface area contributed by atoms with Crippen LogP contribution in [0.5, 0.6) is 0 Å². The second-order valence-corrected chi connectivity index (χ2v) is 9.69. The molecule has 170 valence electrons. The van der Waals surface area contributed by atoms with Crippen LogP contribution < -0.4 is 10.5 Å². The normalized spacial score (nSPS) is 11.6. The van der Waals surface area contributed by atoms with E-state index in [4.69, 9.17) is 5.14 Å². The van der Waals surface area contributed by atoms with Crippen molar-refractivity contribution in [2.24, 2.45) is 5.14 Å². The number of imidazole rings is 1. The summed E-state index contributed by atoms with van der Waals surface area (Å²) >= 11 is 1.20. The largest absolute Gasteiger partial charge is 0.325 e. The Kier molecular flexibility index (Phi) is 7.16. The van der Waals surface area contributed by atoms with Gasteiger partial charge in [-0.3, -0.25) is 14.9 Å². The number of primary sulfonamides is 1. The zero-order valence-corrected chi connectivity index (χ0v) is 19.2. The van der Waals surface area contributed by atoms with Gasteiger partial charge in [-0.25, -0.2) is 18.5 Å². The van der Waals surface area contributed by atoms with Crippen LogP contribution in [0.15, 0.2) is 46.5 Å². The second-order valence-electron chi connectivity index (χ2n) is 7.19. The zero-order chi connectivity index (χ0) is 23.5. The van der Waals surface area contributed by atoms with E-state index in [2.05, 4.69) is 17.2 Å². The number of aryl methyl sites for hydroxylation is 2. The minimum atomic E-state index is -3.86. The van der Waals surface area contributed by atoms with Gasteiger partial charge < -0.3 is 9.88 Å². The van der Waals surface area contributed by atoms with Gasteiger partial charge in [0.25, 0.3) is 5.69 Å². The third kappa shape index (κ3) is 5.44. The van der Waals surface area contributed by atoms with Crippen LogP contribution in [0.1, 0.15) is 25.3 Å². The first-order valence-electron chi connectivity index (χ1n) is 9.81. The summed E-state index contributed by atoms with van der Waals surface area (Å²) in [5.74, 6) is -0.313. The van der Waals surface area contributed by atoms with Crippen molar-refractivity contribution in [3.8, 4) is 0 Å². The van der Waals surface area contributed by atoms with E-state index < -0.39 is 14.9 Å². The number of nitro groups is 1. The van der Waals surface area contributed by atoms with Gasteiger partial charge in [-0.1, -0.05) is 31.2 Å². The Morgan fingerprint density at radius 3 is 2.69 bits per heavy atom. The number of thioether (sulfide) groups is 1. The van der Waals surface area contributed by atoms with Gasteiger partial charge in [0.05, 0.1) is 26.6 Å². The van der Waals surface area contributed by atoms with Crippen LogP contribution in [-0.4, -0.2) is 34.6 Å². The summed E-state index contributed by atoms with van der Waals surface area (Å²) in [6.45, 7) is 4.34. The molecule has 0 spiro atoms. The third-order valence-corrected chi connectivity index (χ3v) is 6.66. The highest BCUT2D eigenvalue weighted by Gasteiger charge is 2.17. The number of nitrogens with two attached hydrogens (primary N) is 1. The van der Waals surface area contributed by atoms with Gasteiger partial charge in [0.1, 0.15) is 0 Å². The highest BCUT2D eigenvalue weighted by Crippen LogP contribution is 2.27. The number of sulfonamides is 1. The van der Waals surface area contributed by atoms with E-state index in [1.54, 1.807) is 25.1 Å². The molecule has 32 heavy (non-hydrogen) atoms. The molecule has 0 radical (unpaired) electrons. The number of fused-ring (bicyclic) bond motifs is 1. The van der Waals surface area contributed by atoms with Crippen LogP contribution in [0.2, 0.25) is 0 Å². The Balaban J connectivity index is 1.80. The number of hydrogen-bond acceptors (Lipinski definition) is 7. The molecule has 3 aromatic rings. The highest BCUT2D eigenvalue weighted by atomic mass is 32.2. The van der Waals surface area contributed by atoms with Crippen molar-refractivity contribution in [1.29, 1.82) is 0 Å². The molecule has 0 aliphatic heterocycles. The average molecular weight is 478 g/mol. The van der Waals surface area contributed by atoms with Crippen LogP contribution in [0.25, 0.3) is 11.0 Å². The van der Waals surface area contributed by atoms with Gasteiger partial charge in [0, 0.05) is 23.9 Å². The lowest BCUT2D eigenvalue weighted by atomic mass is 10.2. The molecule has 0 saturated carbocycles. The van der Waals surface area contributed by atoms with Crippen LogP contribution in [0.4, 0.5) is 11.4 Å². The summed E-state index contributed by atoms with van der Waals surface area (Å²) in [5.41, 5.74) is 2.01. The van der Waals surface area contributed by atoms with Gasteiger partial charge in [-0.15, -0.1) is 0 Å². The first-order chi connectivity index (χ1) is 15.1. The lowest BCUT2D eigenvalue weighted by Crippen LogP contribution is -2.15. The van der Waals surface area contributed by atoms with Crippen molar-refractivity contribution < 1.29 is 18.1 Å². The Bertz CT molecular complexity index is 1290. The summed E-state index contributed by atoms with van der Waals surface area (Å²) < 4.78 is 25.3. The van der Waals surface area contributed by atoms with E-state index in [0.29, 0.717) is 28.5 Å². The average Bonchev–Trinajstić information content (AvgIpc) is 3.08. The van der Waals surface area contributed by atoms with Gasteiger partial charge in [-0.2, -0.15) is 0 Å². The van der Waals surface area contributed by atoms with Crippen molar-refractivity contribution in [1.82, 2.24) is 9.55 Å². The predicted molar refractivity (Wildman–Crippen MR) is 123 cm³/mol. The molecule has 0 aliphatic rings. The zero-order valence-electron chi connectivity index (χ0n) is 17.6. The minimum absolute atomic E-state index is 0.0269. The van der Waals surface area contributed by atoms with E-state index >= 15 is 0 Å². The molecule has 0 atom stereocenters. The number of carbonyl (C=O) groups is 1. The second kappa shape index (κ2) is 9.67. The molecule has 0 bridgehead atoms. The molecule has 3 rings (SSSR count). The fraction of sp³-hybridized carbons (Fsp3) is 0.300. The van der Waals surface area contributed by atoms with Crippen molar-refractivity contribution in [3.63, 3.8) is 0 Å². The van der Waals surface area contributed by atoms with Crippen molar-refractivity contribution >= 4 is 50.1 Å². The number of unbranched alkanes of at least 4 members (excludes halogenated alkanes) is 1. The first kappa shape index (κ1) is 23.7. The molecule has 1 amide bonds. The summed E-state index contributed by atoms with van der Waals surface area (Å²) in [4.78, 5) is 27.5. The lowest BCUT2D eigenvalue weighted by Gasteiger charge is -2.09. The highest BCUT2D eigenvalue weighted by molar-refractivity contribution is 7.99. The lowest BCUT2D eigenvalue weighted by molar-refractivity contribution is -0.385. The summed E-state index contributed by atoms with van der Waals surface area (Å²) in [7, 11) is -3.86. The molecule has 0 saturated heterocycles. The van der Waals surface area contributed by atoms with E-state index in [-0.39, 0.29) is 22.2 Å². The summed E-state index contributed by atoms with van der Waals surface area (Å²) in [6.07, 6.45) is 1.83. The predicted octanol–water partition coefficient (Wildman–Crippen LogP) is 3.43. The monoisotopic (exact) mass is 477 g/mol. The molecular weight excluding hydrogens is 454 g/mol. The molecule has 0 fully saturated rings. The molecule has 10 nitrogen and oxygen atoms in total. The number of anilines is 1. The maximum absolute atomic E-state index is 12.4. The molecule has 0 aliphatic carbocycles. The summed E-state index contributed by atoms with van der Waals surface area (Å²) in [6, 6.07) is 9.02. The minimum Gasteiger partial charge on any atom is -0.325 e. The number of benzene rings is 2. The Morgan fingerprint density at radius 1 is 1.28 bits per heavy atom. The van der Waals surface area contributed by atoms with E-state index in [1.165, 1.54) is 30.0 Å². The maximum atomic E-state index is 12.4. The van der Waals surface area contributed by atoms with Gasteiger partial charge >= 0.3 is 0 Å². The van der Waals surface area contributed by atoms with Crippen molar-refractivity contribution in [2.45, 2.75) is 43.3 Å². The number of nitro benzene ring substituents is 1. The molecule has 12 heteroatoms. The number of aromatic nitrogens is 2. The molecule has 1 aromatic heterocycles. The standard InChI is InChI=1S/C20H23N5O5S2/c1-3-4-9-24-17-8-7-15(32(21,29)30)11-16(17)23-20(24)31-12-19(26)22-14-6-5-13(2)18(10-14)25(27)28/h5-8,10-11H,3-4,9,12H2,1-2H3,(H,22,26)(H2,21,29,30). The molecule has 0 unspecified atom stereocenters. The number of hydrogen-bond donors (Lipinski definition) is 2. The van der Waals surface area contributed by atoms with Crippen molar-refractivity contribution in [3.05, 3.63) is 52.1 Å². The number of carbonyl (C=O) groups excluding carboxylic acids is 1. The molecule has 1 heterocycles. The Hall–Kier alpha value is -2.96. The summed E-state index contributed by atoms with van der Waals surface area (Å²) in [5, 5.41) is 19.6. The van der Waals surface area contributed by atoms with Gasteiger partial charge in [0.15, 0.2) is 5.16 Å². The SMILES string of the molecule is CCCCn1c(SCC(=O)Nc2ccc(C)c([N+](=O)[O-])c2)nc2cc(S(N)(=O)=O)ccc21. The van der Waals surface area contributed by atoms with Gasteiger partial charge in [0.2, 0.25) is 15.9 Å². The van der Waals surface area contributed by atoms with Crippen LogP contribution in [0.3, 0.4) is 0 Å². The fourth-order valence-corrected chi connectivity index (χ4v) is 4.49. The molecule has 2 aromatic carbocycles. The Labute approximate surface area is 189 Å². The third-order valence-electron chi connectivity index (χ3n) is 4.77. The van der Waals surface area contributed by atoms with E-state index in [1.807, 2.05) is 4.57 Å². The Morgan fingerprint density at radius 2 is 2.03 bits per heavy atom. The fourth-order valence-electron chi connectivity index (χ4n) is 3.12. The van der Waals surface area contributed by atoms with Crippen LogP contribution in [0, 0.1) is 17.0 Å². The quantitative estimate of drug-likeness (QED) is 0.272. The number of amides is 1. The van der Waals surface area contributed by atoms with E-state index in [0.717, 1.165) is 18.4 Å². The number of nitrogens with zero attached hydrogens (tertiary/aromatic N) is 3. The number of rotatable bonds is 9. The number of nitrogens with one attached hydrogen (secondary N) is 1. The van der Waals surface area contributed by atoms with Crippen LogP contribution in [-0.2, 0) is 21.4 Å². The van der Waals surface area contributed by atoms with E-state index in [9.17, 15) is 23.3 Å². The van der Waals surface area contributed by atoms with Crippen LogP contribution >= 0.6 is 11.8 Å². The van der Waals surface area contributed by atoms with Crippen molar-refractivity contribution in [2.75, 3.05) is 11.1 Å². The molecular formula is C20H23N5O5S2. The van der Waals surface area contributed by atoms with Gasteiger partial charge in [-0.05, 0) is 37.6 Å². The topological polar surface area (TPSA) is 150 Å². The molecule has 3 N–H and O–H groups in total.